The maximum Gasteiger partial charge on any atom is 0.268 e. The first kappa shape index (κ1) is 22.5. The van der Waals surface area contributed by atoms with Gasteiger partial charge in [-0.25, -0.2) is 9.37 Å². The zero-order valence-electron chi connectivity index (χ0n) is 19.1. The number of nitrogens with zero attached hydrogens (tertiary/aromatic N) is 3. The van der Waals surface area contributed by atoms with Gasteiger partial charge in [-0.15, -0.1) is 0 Å². The Kier molecular flexibility index (Phi) is 6.15. The molecular weight excluding hydrogens is 449 g/mol. The minimum absolute atomic E-state index is 0.181. The number of amides is 1. The molecule has 2 aromatic carbocycles. The van der Waals surface area contributed by atoms with Gasteiger partial charge >= 0.3 is 0 Å². The Bertz CT molecular complexity index is 1400. The number of carbonyl (C=O) groups is 1. The van der Waals surface area contributed by atoms with E-state index in [1.54, 1.807) is 30.3 Å². The van der Waals surface area contributed by atoms with E-state index < -0.39 is 0 Å². The van der Waals surface area contributed by atoms with Crippen LogP contribution in [0.4, 0.5) is 21.7 Å². The zero-order chi connectivity index (χ0) is 24.4. The molecule has 35 heavy (non-hydrogen) atoms. The summed E-state index contributed by atoms with van der Waals surface area (Å²) in [5, 5.41) is 5.74. The van der Waals surface area contributed by atoms with Crippen molar-refractivity contribution in [1.82, 2.24) is 14.9 Å². The van der Waals surface area contributed by atoms with Crippen molar-refractivity contribution in [1.29, 1.82) is 0 Å². The Morgan fingerprint density at radius 3 is 2.89 bits per heavy atom. The number of hydrogen-bond donors (Lipinski definition) is 2. The van der Waals surface area contributed by atoms with Crippen LogP contribution in [0.1, 0.15) is 17.9 Å². The van der Waals surface area contributed by atoms with E-state index in [4.69, 9.17) is 9.15 Å². The number of halogens is 1. The van der Waals surface area contributed by atoms with Gasteiger partial charge in [-0.3, -0.25) is 4.79 Å². The van der Waals surface area contributed by atoms with Crippen molar-refractivity contribution in [2.24, 2.45) is 0 Å². The van der Waals surface area contributed by atoms with Gasteiger partial charge in [-0.2, -0.15) is 4.98 Å². The van der Waals surface area contributed by atoms with Crippen molar-refractivity contribution in [2.75, 3.05) is 30.8 Å². The molecule has 1 saturated heterocycles. The molecule has 1 fully saturated rings. The zero-order valence-corrected chi connectivity index (χ0v) is 19.1. The van der Waals surface area contributed by atoms with Crippen LogP contribution < -0.4 is 15.4 Å². The molecule has 178 valence electrons. The van der Waals surface area contributed by atoms with Crippen LogP contribution in [0.2, 0.25) is 0 Å². The first-order chi connectivity index (χ1) is 17.0. The molecule has 1 aliphatic rings. The van der Waals surface area contributed by atoms with E-state index in [0.717, 1.165) is 25.1 Å². The SMILES string of the molecule is C=CC(=O)Nc1cccc(Oc2nc(Nc3ccc(C4CCN(C)C4)c(F)c3)nc3ccoc23)c1. The third-order valence-electron chi connectivity index (χ3n) is 5.86. The number of nitrogens with one attached hydrogen (secondary N) is 2. The number of rotatable bonds is 7. The minimum atomic E-state index is -0.331. The fraction of sp³-hybridized carbons (Fsp3) is 0.192. The standard InChI is InChI=1S/C26H24FN5O3/c1-3-23(33)28-17-5-4-6-19(13-17)35-25-24-22(10-12-34-24)30-26(31-25)29-18-7-8-20(21(27)14-18)16-9-11-32(2)15-16/h3-8,10,12-14,16H,1,9,11,15H2,2H3,(H,28,33)(H,29,30,31). The normalized spacial score (nSPS) is 15.8. The molecule has 1 amide bonds. The number of likely N-dealkylation sites (N-methyl/N-ethyl adjacent to an activating group) is 1. The number of ether oxygens (including phenoxy) is 1. The minimum Gasteiger partial charge on any atom is -0.457 e. The first-order valence-corrected chi connectivity index (χ1v) is 11.2. The van der Waals surface area contributed by atoms with Crippen LogP contribution in [0, 0.1) is 5.82 Å². The van der Waals surface area contributed by atoms with Crippen molar-refractivity contribution < 1.29 is 18.3 Å². The molecule has 8 nitrogen and oxygen atoms in total. The Balaban J connectivity index is 1.39. The lowest BCUT2D eigenvalue weighted by Gasteiger charge is -2.14. The number of anilines is 3. The molecule has 0 radical (unpaired) electrons. The number of fused-ring (bicyclic) bond motifs is 1. The summed E-state index contributed by atoms with van der Waals surface area (Å²) >= 11 is 0. The van der Waals surface area contributed by atoms with Gasteiger partial charge in [-0.05, 0) is 55.9 Å². The second-order valence-electron chi connectivity index (χ2n) is 8.42. The highest BCUT2D eigenvalue weighted by molar-refractivity contribution is 5.99. The summed E-state index contributed by atoms with van der Waals surface area (Å²) in [7, 11) is 2.05. The molecule has 1 atom stereocenters. The second-order valence-corrected chi connectivity index (χ2v) is 8.42. The maximum atomic E-state index is 14.9. The molecule has 0 bridgehead atoms. The van der Waals surface area contributed by atoms with Crippen molar-refractivity contribution in [3.05, 3.63) is 78.8 Å². The summed E-state index contributed by atoms with van der Waals surface area (Å²) in [6.45, 7) is 5.26. The number of furan rings is 1. The molecule has 0 spiro atoms. The molecule has 4 aromatic rings. The summed E-state index contributed by atoms with van der Waals surface area (Å²) in [4.78, 5) is 22.7. The average Bonchev–Trinajstić information content (AvgIpc) is 3.48. The second kappa shape index (κ2) is 9.55. The Hall–Kier alpha value is -4.24. The summed E-state index contributed by atoms with van der Waals surface area (Å²) in [6.07, 6.45) is 3.62. The molecular formula is C26H24FN5O3. The monoisotopic (exact) mass is 473 g/mol. The van der Waals surface area contributed by atoms with Crippen molar-refractivity contribution >= 4 is 34.3 Å². The van der Waals surface area contributed by atoms with Gasteiger partial charge in [0.15, 0.2) is 0 Å². The van der Waals surface area contributed by atoms with Crippen LogP contribution in [0.3, 0.4) is 0 Å². The fourth-order valence-electron chi connectivity index (χ4n) is 4.16. The summed E-state index contributed by atoms with van der Waals surface area (Å²) in [6, 6.07) is 13.6. The van der Waals surface area contributed by atoms with Gasteiger partial charge in [0.05, 0.1) is 6.26 Å². The number of benzene rings is 2. The molecule has 2 N–H and O–H groups in total. The van der Waals surface area contributed by atoms with Crippen LogP contribution >= 0.6 is 0 Å². The number of hydrogen-bond acceptors (Lipinski definition) is 7. The van der Waals surface area contributed by atoms with Crippen LogP contribution in [-0.2, 0) is 4.79 Å². The van der Waals surface area contributed by atoms with Crippen LogP contribution in [0.25, 0.3) is 11.1 Å². The third-order valence-corrected chi connectivity index (χ3v) is 5.86. The largest absolute Gasteiger partial charge is 0.457 e. The fourth-order valence-corrected chi connectivity index (χ4v) is 4.16. The van der Waals surface area contributed by atoms with E-state index in [0.29, 0.717) is 28.2 Å². The predicted octanol–water partition coefficient (Wildman–Crippen LogP) is 5.44. The average molecular weight is 474 g/mol. The van der Waals surface area contributed by atoms with E-state index >= 15 is 0 Å². The predicted molar refractivity (Wildman–Crippen MR) is 132 cm³/mol. The van der Waals surface area contributed by atoms with E-state index in [1.165, 1.54) is 18.4 Å². The van der Waals surface area contributed by atoms with Crippen LogP contribution in [0.15, 0.2) is 71.9 Å². The number of carbonyl (C=O) groups excluding carboxylic acids is 1. The molecule has 1 unspecified atom stereocenters. The quantitative estimate of drug-likeness (QED) is 0.345. The van der Waals surface area contributed by atoms with Crippen LogP contribution in [-0.4, -0.2) is 40.9 Å². The summed E-state index contributed by atoms with van der Waals surface area (Å²) in [5.74, 6) is 0.459. The van der Waals surface area contributed by atoms with Crippen molar-refractivity contribution in [2.45, 2.75) is 12.3 Å². The topological polar surface area (TPSA) is 92.5 Å². The Labute approximate surface area is 201 Å². The highest BCUT2D eigenvalue weighted by Gasteiger charge is 2.24. The molecule has 2 aromatic heterocycles. The molecule has 5 rings (SSSR count). The number of likely N-dealkylation sites (tertiary alicyclic amines) is 1. The van der Waals surface area contributed by atoms with E-state index in [1.807, 2.05) is 19.2 Å². The van der Waals surface area contributed by atoms with Gasteiger partial charge in [0.2, 0.25) is 17.4 Å². The molecule has 0 saturated carbocycles. The van der Waals surface area contributed by atoms with E-state index in [9.17, 15) is 9.18 Å². The highest BCUT2D eigenvalue weighted by atomic mass is 19.1. The Morgan fingerprint density at radius 2 is 2.11 bits per heavy atom. The summed E-state index contributed by atoms with van der Waals surface area (Å²) in [5.41, 5.74) is 2.68. The smallest absolute Gasteiger partial charge is 0.268 e. The van der Waals surface area contributed by atoms with Gasteiger partial charge < -0.3 is 24.7 Å². The lowest BCUT2D eigenvalue weighted by Crippen LogP contribution is -2.13. The van der Waals surface area contributed by atoms with Gasteiger partial charge in [0.1, 0.15) is 17.1 Å². The molecule has 1 aliphatic heterocycles. The van der Waals surface area contributed by atoms with Crippen molar-refractivity contribution in [3.63, 3.8) is 0 Å². The summed E-state index contributed by atoms with van der Waals surface area (Å²) < 4.78 is 26.4. The maximum absolute atomic E-state index is 14.9. The number of aromatic nitrogens is 2. The molecule has 9 heteroatoms. The van der Waals surface area contributed by atoms with Gasteiger partial charge in [0.25, 0.3) is 5.88 Å². The molecule has 0 aliphatic carbocycles. The Morgan fingerprint density at radius 1 is 1.23 bits per heavy atom. The van der Waals surface area contributed by atoms with E-state index in [-0.39, 0.29) is 29.5 Å². The van der Waals surface area contributed by atoms with E-state index in [2.05, 4.69) is 32.1 Å². The van der Waals surface area contributed by atoms with Crippen molar-refractivity contribution in [3.8, 4) is 11.6 Å². The molecule has 3 heterocycles. The van der Waals surface area contributed by atoms with Crippen LogP contribution in [0.5, 0.6) is 11.6 Å². The van der Waals surface area contributed by atoms with Gasteiger partial charge in [-0.1, -0.05) is 18.7 Å². The lowest BCUT2D eigenvalue weighted by molar-refractivity contribution is -0.111. The third kappa shape index (κ3) is 4.99. The first-order valence-electron chi connectivity index (χ1n) is 11.2. The highest BCUT2D eigenvalue weighted by Crippen LogP contribution is 2.33. The van der Waals surface area contributed by atoms with Gasteiger partial charge in [0, 0.05) is 36.0 Å². The lowest BCUT2D eigenvalue weighted by atomic mass is 9.97.